The van der Waals surface area contributed by atoms with Gasteiger partial charge < -0.3 is 10.0 Å². The van der Waals surface area contributed by atoms with Crippen LogP contribution in [-0.2, 0) is 6.54 Å². The lowest BCUT2D eigenvalue weighted by molar-refractivity contribution is 0.143. The summed E-state index contributed by atoms with van der Waals surface area (Å²) in [6.07, 6.45) is 0. The largest absolute Gasteiger partial charge is 0.378 e. The molecule has 0 saturated carbocycles. The third kappa shape index (κ3) is 5.31. The molecule has 1 aliphatic heterocycles. The molecule has 0 atom stereocenters. The predicted octanol–water partition coefficient (Wildman–Crippen LogP) is 3.20. The molecule has 0 amide bonds. The molecular weight excluding hydrogens is 342 g/mol. The van der Waals surface area contributed by atoms with E-state index in [1.165, 1.54) is 10.6 Å². The first-order valence-corrected chi connectivity index (χ1v) is 9.87. The summed E-state index contributed by atoms with van der Waals surface area (Å²) in [4.78, 5) is 11.8. The molecule has 0 aliphatic carbocycles. The van der Waals surface area contributed by atoms with Crippen LogP contribution in [0.2, 0.25) is 0 Å². The van der Waals surface area contributed by atoms with E-state index in [0.717, 1.165) is 49.0 Å². The second kappa shape index (κ2) is 7.79. The highest BCUT2D eigenvalue weighted by molar-refractivity contribution is 7.12. The van der Waals surface area contributed by atoms with Crippen molar-refractivity contribution in [3.8, 4) is 11.8 Å². The summed E-state index contributed by atoms with van der Waals surface area (Å²) in [5, 5.41) is 9.71. The number of rotatable bonds is 3. The smallest absolute Gasteiger partial charge is 0.120 e. The highest BCUT2D eigenvalue weighted by Gasteiger charge is 2.18. The van der Waals surface area contributed by atoms with Gasteiger partial charge in [0.15, 0.2) is 0 Å². The van der Waals surface area contributed by atoms with Crippen LogP contribution in [0.25, 0.3) is 0 Å². The highest BCUT2D eigenvalue weighted by Crippen LogP contribution is 2.21. The summed E-state index contributed by atoms with van der Waals surface area (Å²) in [6, 6.07) is 8.56. The Morgan fingerprint density at radius 1 is 1.12 bits per heavy atom. The Balaban J connectivity index is 1.56. The molecule has 4 nitrogen and oxygen atoms in total. The highest BCUT2D eigenvalue weighted by atomic mass is 32.1. The number of nitrogens with zero attached hydrogens (tertiary/aromatic N) is 3. The van der Waals surface area contributed by atoms with Gasteiger partial charge >= 0.3 is 0 Å². The molecule has 3 rings (SSSR count). The molecule has 138 valence electrons. The van der Waals surface area contributed by atoms with Crippen molar-refractivity contribution < 1.29 is 5.11 Å². The number of aromatic nitrogens is 1. The van der Waals surface area contributed by atoms with E-state index in [2.05, 4.69) is 64.7 Å². The van der Waals surface area contributed by atoms with E-state index >= 15 is 0 Å². The number of piperazine rings is 1. The number of thiophene rings is 1. The first-order chi connectivity index (χ1) is 12.3. The van der Waals surface area contributed by atoms with Gasteiger partial charge in [0, 0.05) is 54.7 Å². The van der Waals surface area contributed by atoms with Crippen molar-refractivity contribution >= 4 is 17.0 Å². The molecule has 1 saturated heterocycles. The van der Waals surface area contributed by atoms with E-state index in [9.17, 15) is 5.11 Å². The lowest BCUT2D eigenvalue weighted by atomic mass is 10.1. The minimum Gasteiger partial charge on any atom is -0.378 e. The summed E-state index contributed by atoms with van der Waals surface area (Å²) in [6.45, 7) is 12.7. The molecule has 0 unspecified atom stereocenters. The Labute approximate surface area is 160 Å². The van der Waals surface area contributed by atoms with Crippen molar-refractivity contribution in [2.24, 2.45) is 0 Å². The normalized spacial score (nSPS) is 15.7. The van der Waals surface area contributed by atoms with Crippen LogP contribution in [0.4, 0.5) is 5.69 Å². The topological polar surface area (TPSA) is 39.6 Å². The average molecular weight is 370 g/mol. The Morgan fingerprint density at radius 2 is 1.77 bits per heavy atom. The van der Waals surface area contributed by atoms with E-state index in [1.54, 1.807) is 25.2 Å². The summed E-state index contributed by atoms with van der Waals surface area (Å²) < 4.78 is 0. The van der Waals surface area contributed by atoms with Gasteiger partial charge in [-0.2, -0.15) is 0 Å². The molecule has 0 bridgehead atoms. The Bertz CT molecular complexity index is 798. The first kappa shape index (κ1) is 18.9. The monoisotopic (exact) mass is 369 g/mol. The van der Waals surface area contributed by atoms with Gasteiger partial charge in [0.25, 0.3) is 0 Å². The average Bonchev–Trinajstić information content (AvgIpc) is 3.00. The van der Waals surface area contributed by atoms with Gasteiger partial charge in [-0.05, 0) is 52.0 Å². The summed E-state index contributed by atoms with van der Waals surface area (Å²) in [7, 11) is 0. The van der Waals surface area contributed by atoms with Gasteiger partial charge in [-0.15, -0.1) is 11.3 Å². The molecule has 0 radical (unpaired) electrons. The fraction of sp³-hybridized carbons (Fsp3) is 0.476. The predicted molar refractivity (Wildman–Crippen MR) is 109 cm³/mol. The van der Waals surface area contributed by atoms with Gasteiger partial charge in [-0.3, -0.25) is 9.88 Å². The molecule has 2 aromatic rings. The van der Waals surface area contributed by atoms with Gasteiger partial charge in [0.05, 0.1) is 4.88 Å². The van der Waals surface area contributed by atoms with Crippen molar-refractivity contribution in [2.75, 3.05) is 31.1 Å². The minimum atomic E-state index is -0.940. The number of aliphatic hydroxyl groups is 1. The fourth-order valence-corrected chi connectivity index (χ4v) is 4.03. The Kier molecular flexibility index (Phi) is 5.67. The second-order valence-corrected chi connectivity index (χ2v) is 8.61. The number of hydrogen-bond acceptors (Lipinski definition) is 5. The van der Waals surface area contributed by atoms with Crippen LogP contribution in [0.1, 0.15) is 35.0 Å². The molecule has 2 aromatic heterocycles. The second-order valence-electron chi connectivity index (χ2n) is 7.45. The maximum atomic E-state index is 9.71. The third-order valence-electron chi connectivity index (χ3n) is 4.34. The summed E-state index contributed by atoms with van der Waals surface area (Å²) >= 11 is 1.72. The zero-order valence-corrected chi connectivity index (χ0v) is 16.9. The Morgan fingerprint density at radius 3 is 2.38 bits per heavy atom. The van der Waals surface area contributed by atoms with Crippen molar-refractivity contribution in [3.05, 3.63) is 45.4 Å². The number of aryl methyl sites for hydroxylation is 2. The van der Waals surface area contributed by atoms with E-state index in [4.69, 9.17) is 0 Å². The number of hydrogen-bond donors (Lipinski definition) is 1. The maximum Gasteiger partial charge on any atom is 0.120 e. The van der Waals surface area contributed by atoms with E-state index in [1.807, 2.05) is 0 Å². The zero-order chi connectivity index (χ0) is 18.7. The quantitative estimate of drug-likeness (QED) is 0.844. The van der Waals surface area contributed by atoms with Crippen molar-refractivity contribution in [2.45, 2.75) is 39.8 Å². The molecule has 0 aromatic carbocycles. The molecule has 1 N–H and O–H groups in total. The summed E-state index contributed by atoms with van der Waals surface area (Å²) in [5.74, 6) is 5.95. The number of pyridine rings is 1. The van der Waals surface area contributed by atoms with Crippen LogP contribution < -0.4 is 4.90 Å². The molecule has 5 heteroatoms. The van der Waals surface area contributed by atoms with E-state index in [0.29, 0.717) is 0 Å². The molecule has 3 heterocycles. The van der Waals surface area contributed by atoms with Crippen LogP contribution in [0.5, 0.6) is 0 Å². The van der Waals surface area contributed by atoms with Crippen LogP contribution in [-0.4, -0.2) is 46.8 Å². The SMILES string of the molecule is Cc1cc(N2CCN(Cc3ccc(C#CC(C)(C)O)s3)CC2)cc(C)n1. The van der Waals surface area contributed by atoms with Gasteiger partial charge in [0.1, 0.15) is 5.60 Å². The van der Waals surface area contributed by atoms with Crippen molar-refractivity contribution in [3.63, 3.8) is 0 Å². The number of anilines is 1. The van der Waals surface area contributed by atoms with Crippen LogP contribution in [0.15, 0.2) is 24.3 Å². The van der Waals surface area contributed by atoms with Crippen molar-refractivity contribution in [1.82, 2.24) is 9.88 Å². The zero-order valence-electron chi connectivity index (χ0n) is 16.0. The van der Waals surface area contributed by atoms with Crippen molar-refractivity contribution in [1.29, 1.82) is 0 Å². The lowest BCUT2D eigenvalue weighted by Crippen LogP contribution is -2.45. The van der Waals surface area contributed by atoms with Crippen LogP contribution in [0, 0.1) is 25.7 Å². The van der Waals surface area contributed by atoms with Crippen LogP contribution >= 0.6 is 11.3 Å². The summed E-state index contributed by atoms with van der Waals surface area (Å²) in [5.41, 5.74) is 2.51. The van der Waals surface area contributed by atoms with Gasteiger partial charge in [-0.1, -0.05) is 11.8 Å². The first-order valence-electron chi connectivity index (χ1n) is 9.05. The fourth-order valence-electron chi connectivity index (χ4n) is 3.12. The molecule has 1 aliphatic rings. The molecule has 26 heavy (non-hydrogen) atoms. The maximum absolute atomic E-state index is 9.71. The Hall–Kier alpha value is -1.87. The molecular formula is C21H27N3OS. The van der Waals surface area contributed by atoms with Gasteiger partial charge in [0.2, 0.25) is 0 Å². The standard InChI is InChI=1S/C21H27N3OS/c1-16-13-18(14-17(2)22-16)24-11-9-23(10-12-24)15-20-6-5-19(26-20)7-8-21(3,4)25/h5-6,13-14,25H,9-12,15H2,1-4H3. The molecule has 1 fully saturated rings. The lowest BCUT2D eigenvalue weighted by Gasteiger charge is -2.36. The van der Waals surface area contributed by atoms with Crippen LogP contribution in [0.3, 0.4) is 0 Å². The molecule has 0 spiro atoms. The van der Waals surface area contributed by atoms with E-state index in [-0.39, 0.29) is 0 Å². The van der Waals surface area contributed by atoms with Gasteiger partial charge in [-0.25, -0.2) is 0 Å². The van der Waals surface area contributed by atoms with E-state index < -0.39 is 5.60 Å². The third-order valence-corrected chi connectivity index (χ3v) is 5.32. The minimum absolute atomic E-state index is 0.940.